The molecule has 0 saturated carbocycles. The molecule has 0 aromatic carbocycles. The summed E-state index contributed by atoms with van der Waals surface area (Å²) in [5, 5.41) is 4.22. The van der Waals surface area contributed by atoms with Crippen LogP contribution in [-0.4, -0.2) is 43.6 Å². The molecule has 3 rings (SSSR count). The second-order valence-corrected chi connectivity index (χ2v) is 7.61. The zero-order chi connectivity index (χ0) is 17.3. The number of aromatic nitrogens is 4. The van der Waals surface area contributed by atoms with Crippen molar-refractivity contribution in [2.24, 2.45) is 18.4 Å². The van der Waals surface area contributed by atoms with E-state index in [1.54, 1.807) is 17.1 Å². The molecule has 1 saturated heterocycles. The van der Waals surface area contributed by atoms with E-state index in [-0.39, 0.29) is 11.3 Å². The maximum Gasteiger partial charge on any atom is 0.227 e. The monoisotopic (exact) mass is 327 g/mol. The number of aryl methyl sites for hydroxylation is 1. The third-order valence-corrected chi connectivity index (χ3v) is 4.45. The fraction of sp³-hybridized carbons (Fsp3) is 0.556. The van der Waals surface area contributed by atoms with Gasteiger partial charge < -0.3 is 4.90 Å². The maximum absolute atomic E-state index is 12.4. The lowest BCUT2D eigenvalue weighted by Gasteiger charge is -2.25. The first-order chi connectivity index (χ1) is 11.3. The van der Waals surface area contributed by atoms with Crippen LogP contribution in [0.5, 0.6) is 0 Å². The summed E-state index contributed by atoms with van der Waals surface area (Å²) in [4.78, 5) is 23.5. The van der Waals surface area contributed by atoms with Gasteiger partial charge in [-0.3, -0.25) is 19.4 Å². The maximum atomic E-state index is 12.4. The second kappa shape index (κ2) is 6.34. The normalized spacial score (nSPS) is 18.2. The number of carbonyl (C=O) groups is 1. The molecule has 2 aromatic heterocycles. The van der Waals surface area contributed by atoms with E-state index in [4.69, 9.17) is 0 Å². The quantitative estimate of drug-likeness (QED) is 0.868. The van der Waals surface area contributed by atoms with Crippen LogP contribution >= 0.6 is 0 Å². The van der Waals surface area contributed by atoms with Crippen molar-refractivity contribution in [2.45, 2.75) is 33.6 Å². The Hall–Kier alpha value is -2.24. The third-order valence-electron chi connectivity index (χ3n) is 4.45. The van der Waals surface area contributed by atoms with Crippen molar-refractivity contribution in [1.82, 2.24) is 24.6 Å². The molecule has 0 spiro atoms. The summed E-state index contributed by atoms with van der Waals surface area (Å²) in [5.74, 6) is 0.667. The first-order valence-corrected chi connectivity index (χ1v) is 8.43. The molecule has 128 valence electrons. The molecular formula is C18H25N5O. The minimum atomic E-state index is -0.317. The van der Waals surface area contributed by atoms with Gasteiger partial charge in [0.2, 0.25) is 5.91 Å². The summed E-state index contributed by atoms with van der Waals surface area (Å²) >= 11 is 0. The first-order valence-electron chi connectivity index (χ1n) is 8.43. The van der Waals surface area contributed by atoms with E-state index in [1.165, 1.54) is 0 Å². The summed E-state index contributed by atoms with van der Waals surface area (Å²) in [6.45, 7) is 7.58. The lowest BCUT2D eigenvalue weighted by Crippen LogP contribution is -2.38. The van der Waals surface area contributed by atoms with Crippen molar-refractivity contribution >= 4 is 5.91 Å². The summed E-state index contributed by atoms with van der Waals surface area (Å²) < 4.78 is 1.77. The highest BCUT2D eigenvalue weighted by atomic mass is 16.2. The fourth-order valence-corrected chi connectivity index (χ4v) is 3.23. The number of rotatable bonds is 3. The van der Waals surface area contributed by atoms with Crippen molar-refractivity contribution in [3.63, 3.8) is 0 Å². The van der Waals surface area contributed by atoms with E-state index in [1.807, 2.05) is 45.1 Å². The average Bonchev–Trinajstić information content (AvgIpc) is 3.15. The van der Waals surface area contributed by atoms with Crippen LogP contribution in [0.2, 0.25) is 0 Å². The minimum Gasteiger partial charge on any atom is -0.342 e. The molecule has 0 aliphatic carbocycles. The number of hydrogen-bond donors (Lipinski definition) is 0. The predicted molar refractivity (Wildman–Crippen MR) is 92.1 cm³/mol. The molecule has 0 N–H and O–H groups in total. The van der Waals surface area contributed by atoms with Crippen LogP contribution in [0.3, 0.4) is 0 Å². The van der Waals surface area contributed by atoms with E-state index in [0.29, 0.717) is 5.92 Å². The van der Waals surface area contributed by atoms with Gasteiger partial charge >= 0.3 is 0 Å². The molecule has 2 aromatic rings. The zero-order valence-electron chi connectivity index (χ0n) is 14.9. The molecule has 1 fully saturated rings. The summed E-state index contributed by atoms with van der Waals surface area (Å²) in [5.41, 5.74) is 2.55. The molecule has 1 aliphatic heterocycles. The topological polar surface area (TPSA) is 63.9 Å². The highest BCUT2D eigenvalue weighted by Crippen LogP contribution is 2.28. The van der Waals surface area contributed by atoms with Gasteiger partial charge in [0, 0.05) is 49.7 Å². The standard InChI is InChI=1S/C18H25N5O/c1-18(2,3)17(24)23-8-5-13(11-23)9-15-16(20-7-6-19-15)14-10-21-22(4)12-14/h6-7,10,12-13H,5,8-9,11H2,1-4H3/t13-/m1/s1. The van der Waals surface area contributed by atoms with Crippen molar-refractivity contribution in [2.75, 3.05) is 13.1 Å². The van der Waals surface area contributed by atoms with E-state index in [2.05, 4.69) is 15.1 Å². The molecule has 0 radical (unpaired) electrons. The van der Waals surface area contributed by atoms with Gasteiger partial charge in [0.05, 0.1) is 17.6 Å². The summed E-state index contributed by atoms with van der Waals surface area (Å²) in [6, 6.07) is 0. The van der Waals surface area contributed by atoms with Crippen LogP contribution in [0, 0.1) is 11.3 Å². The number of amides is 1. The summed E-state index contributed by atoms with van der Waals surface area (Å²) in [7, 11) is 1.90. The molecular weight excluding hydrogens is 302 g/mol. The van der Waals surface area contributed by atoms with Gasteiger partial charge in [0.15, 0.2) is 0 Å². The molecule has 3 heterocycles. The Balaban J connectivity index is 1.73. The Bertz CT molecular complexity index is 731. The molecule has 24 heavy (non-hydrogen) atoms. The highest BCUT2D eigenvalue weighted by Gasteiger charge is 2.33. The Morgan fingerprint density at radius 1 is 1.29 bits per heavy atom. The van der Waals surface area contributed by atoms with Crippen LogP contribution in [-0.2, 0) is 18.3 Å². The van der Waals surface area contributed by atoms with Crippen molar-refractivity contribution < 1.29 is 4.79 Å². The van der Waals surface area contributed by atoms with E-state index < -0.39 is 0 Å². The number of likely N-dealkylation sites (tertiary alicyclic amines) is 1. The lowest BCUT2D eigenvalue weighted by atomic mass is 9.95. The molecule has 1 amide bonds. The smallest absolute Gasteiger partial charge is 0.227 e. The Morgan fingerprint density at radius 2 is 2.04 bits per heavy atom. The number of carbonyl (C=O) groups excluding carboxylic acids is 1. The first kappa shape index (κ1) is 16.6. The number of hydrogen-bond acceptors (Lipinski definition) is 4. The van der Waals surface area contributed by atoms with Gasteiger partial charge in [-0.1, -0.05) is 20.8 Å². The van der Waals surface area contributed by atoms with Crippen molar-refractivity contribution in [1.29, 1.82) is 0 Å². The number of nitrogens with zero attached hydrogens (tertiary/aromatic N) is 5. The molecule has 1 aliphatic rings. The van der Waals surface area contributed by atoms with Crippen LogP contribution in [0.15, 0.2) is 24.8 Å². The van der Waals surface area contributed by atoms with Gasteiger partial charge in [-0.15, -0.1) is 0 Å². The SMILES string of the molecule is Cn1cc(-c2nccnc2C[C@H]2CCN(C(=O)C(C)(C)C)C2)cn1. The van der Waals surface area contributed by atoms with E-state index >= 15 is 0 Å². The van der Waals surface area contributed by atoms with E-state index in [0.717, 1.165) is 42.9 Å². The molecule has 0 bridgehead atoms. The van der Waals surface area contributed by atoms with Gasteiger partial charge in [-0.25, -0.2) is 0 Å². The largest absolute Gasteiger partial charge is 0.342 e. The Labute approximate surface area is 142 Å². The van der Waals surface area contributed by atoms with Crippen LogP contribution in [0.1, 0.15) is 32.9 Å². The highest BCUT2D eigenvalue weighted by molar-refractivity contribution is 5.81. The molecule has 1 atom stereocenters. The minimum absolute atomic E-state index is 0.233. The van der Waals surface area contributed by atoms with Gasteiger partial charge in [-0.2, -0.15) is 5.10 Å². The lowest BCUT2D eigenvalue weighted by molar-refractivity contribution is -0.138. The average molecular weight is 327 g/mol. The van der Waals surface area contributed by atoms with Crippen LogP contribution < -0.4 is 0 Å². The Morgan fingerprint density at radius 3 is 2.71 bits per heavy atom. The predicted octanol–water partition coefficient (Wildman–Crippen LogP) is 2.31. The second-order valence-electron chi connectivity index (χ2n) is 7.61. The van der Waals surface area contributed by atoms with Crippen molar-refractivity contribution in [3.05, 3.63) is 30.5 Å². The molecule has 0 unspecified atom stereocenters. The third kappa shape index (κ3) is 3.47. The van der Waals surface area contributed by atoms with Crippen LogP contribution in [0.4, 0.5) is 0 Å². The van der Waals surface area contributed by atoms with Crippen LogP contribution in [0.25, 0.3) is 11.3 Å². The summed E-state index contributed by atoms with van der Waals surface area (Å²) in [6.07, 6.45) is 9.09. The van der Waals surface area contributed by atoms with E-state index in [9.17, 15) is 4.79 Å². The van der Waals surface area contributed by atoms with Gasteiger partial charge in [-0.05, 0) is 18.8 Å². The van der Waals surface area contributed by atoms with Crippen molar-refractivity contribution in [3.8, 4) is 11.3 Å². The zero-order valence-corrected chi connectivity index (χ0v) is 14.9. The Kier molecular flexibility index (Phi) is 4.39. The van der Waals surface area contributed by atoms with Gasteiger partial charge in [0.25, 0.3) is 0 Å². The molecule has 6 nitrogen and oxygen atoms in total. The fourth-order valence-electron chi connectivity index (χ4n) is 3.23. The van der Waals surface area contributed by atoms with Gasteiger partial charge in [0.1, 0.15) is 0 Å². The molecule has 6 heteroatoms.